The predicted molar refractivity (Wildman–Crippen MR) is 98.2 cm³/mol. The molecule has 2 amide bonds. The normalized spacial score (nSPS) is 21.3. The Bertz CT molecular complexity index is 643. The van der Waals surface area contributed by atoms with Crippen LogP contribution in [0.1, 0.15) is 13.3 Å². The van der Waals surface area contributed by atoms with E-state index in [1.807, 2.05) is 36.1 Å². The van der Waals surface area contributed by atoms with Crippen molar-refractivity contribution in [3.8, 4) is 5.75 Å². The van der Waals surface area contributed by atoms with Crippen molar-refractivity contribution in [1.29, 1.82) is 0 Å². The minimum Gasteiger partial charge on any atom is -0.492 e. The Morgan fingerprint density at radius 3 is 2.65 bits per heavy atom. The average molecular weight is 361 g/mol. The van der Waals surface area contributed by atoms with Gasteiger partial charge in [-0.1, -0.05) is 12.1 Å². The summed E-state index contributed by atoms with van der Waals surface area (Å²) in [5.74, 6) is 0.392. The van der Waals surface area contributed by atoms with Crippen molar-refractivity contribution in [1.82, 2.24) is 9.80 Å². The van der Waals surface area contributed by atoms with E-state index >= 15 is 0 Å². The Morgan fingerprint density at radius 2 is 1.96 bits per heavy atom. The number of anilines is 1. The Morgan fingerprint density at radius 1 is 1.23 bits per heavy atom. The number of ether oxygens (including phenoxy) is 1. The second-order valence-electron chi connectivity index (χ2n) is 6.70. The van der Waals surface area contributed by atoms with E-state index < -0.39 is 0 Å². The zero-order valence-corrected chi connectivity index (χ0v) is 15.3. The van der Waals surface area contributed by atoms with Gasteiger partial charge in [-0.05, 0) is 19.1 Å². The van der Waals surface area contributed by atoms with E-state index in [1.165, 1.54) is 0 Å². The van der Waals surface area contributed by atoms with Crippen molar-refractivity contribution in [3.05, 3.63) is 24.3 Å². The minimum atomic E-state index is -0.304. The van der Waals surface area contributed by atoms with Crippen LogP contribution in [0.25, 0.3) is 0 Å². The molecule has 2 heterocycles. The Labute approximate surface area is 154 Å². The van der Waals surface area contributed by atoms with Gasteiger partial charge in [-0.2, -0.15) is 0 Å². The average Bonchev–Trinajstić information content (AvgIpc) is 3.04. The maximum Gasteiger partial charge on any atom is 0.228 e. The molecule has 2 aliphatic heterocycles. The quantitative estimate of drug-likeness (QED) is 0.802. The Balaban J connectivity index is 1.64. The standard InChI is InChI=1S/C19H27N3O4/c1-2-26-17-6-4-3-5-16(17)22-14-15(13-18(22)24)19(25)21-9-7-20(8-10-21)11-12-23/h3-6,15,23H,2,7-14H2,1H3. The summed E-state index contributed by atoms with van der Waals surface area (Å²) >= 11 is 0. The molecule has 0 radical (unpaired) electrons. The fourth-order valence-electron chi connectivity index (χ4n) is 3.66. The molecule has 2 saturated heterocycles. The number of aliphatic hydroxyl groups is 1. The van der Waals surface area contributed by atoms with Gasteiger partial charge in [-0.3, -0.25) is 14.5 Å². The highest BCUT2D eigenvalue weighted by Crippen LogP contribution is 2.33. The number of rotatable bonds is 6. The molecule has 2 fully saturated rings. The number of carbonyl (C=O) groups is 2. The molecule has 1 aromatic rings. The number of amides is 2. The Hall–Kier alpha value is -2.12. The van der Waals surface area contributed by atoms with Gasteiger partial charge >= 0.3 is 0 Å². The van der Waals surface area contributed by atoms with Gasteiger partial charge in [0.15, 0.2) is 0 Å². The highest BCUT2D eigenvalue weighted by atomic mass is 16.5. The second kappa shape index (κ2) is 8.51. The van der Waals surface area contributed by atoms with Crippen molar-refractivity contribution in [3.63, 3.8) is 0 Å². The van der Waals surface area contributed by atoms with Crippen molar-refractivity contribution in [2.45, 2.75) is 13.3 Å². The highest BCUT2D eigenvalue weighted by molar-refractivity contribution is 6.01. The van der Waals surface area contributed by atoms with E-state index in [2.05, 4.69) is 4.90 Å². The van der Waals surface area contributed by atoms with Crippen LogP contribution in [-0.4, -0.2) is 79.2 Å². The summed E-state index contributed by atoms with van der Waals surface area (Å²) in [6.07, 6.45) is 0.246. The molecule has 1 atom stereocenters. The van der Waals surface area contributed by atoms with Crippen LogP contribution in [-0.2, 0) is 9.59 Å². The number of hydrogen-bond donors (Lipinski definition) is 1. The molecule has 7 heteroatoms. The van der Waals surface area contributed by atoms with Gasteiger partial charge in [0.25, 0.3) is 0 Å². The first-order valence-electron chi connectivity index (χ1n) is 9.28. The fraction of sp³-hybridized carbons (Fsp3) is 0.579. The van der Waals surface area contributed by atoms with E-state index in [4.69, 9.17) is 9.84 Å². The number of benzene rings is 1. The molecule has 0 aliphatic carbocycles. The maximum absolute atomic E-state index is 12.8. The smallest absolute Gasteiger partial charge is 0.228 e. The van der Waals surface area contributed by atoms with Crippen molar-refractivity contribution < 1.29 is 19.4 Å². The van der Waals surface area contributed by atoms with Gasteiger partial charge in [-0.15, -0.1) is 0 Å². The molecule has 0 spiro atoms. The van der Waals surface area contributed by atoms with Crippen LogP contribution >= 0.6 is 0 Å². The molecule has 142 valence electrons. The third kappa shape index (κ3) is 3.99. The van der Waals surface area contributed by atoms with Gasteiger partial charge in [0.1, 0.15) is 5.75 Å². The Kier molecular flexibility index (Phi) is 6.11. The number of carbonyl (C=O) groups excluding carboxylic acids is 2. The first-order valence-corrected chi connectivity index (χ1v) is 9.28. The monoisotopic (exact) mass is 361 g/mol. The summed E-state index contributed by atoms with van der Waals surface area (Å²) in [5, 5.41) is 9.02. The summed E-state index contributed by atoms with van der Waals surface area (Å²) in [4.78, 5) is 31.0. The van der Waals surface area contributed by atoms with Crippen LogP contribution in [0.2, 0.25) is 0 Å². The lowest BCUT2D eigenvalue weighted by atomic mass is 10.1. The fourth-order valence-corrected chi connectivity index (χ4v) is 3.66. The molecule has 0 saturated carbocycles. The van der Waals surface area contributed by atoms with Crippen molar-refractivity contribution >= 4 is 17.5 Å². The van der Waals surface area contributed by atoms with Gasteiger partial charge in [0.05, 0.1) is 24.8 Å². The predicted octanol–water partition coefficient (Wildman–Crippen LogP) is 0.575. The minimum absolute atomic E-state index is 0.0329. The van der Waals surface area contributed by atoms with Crippen LogP contribution in [0.5, 0.6) is 5.75 Å². The van der Waals surface area contributed by atoms with Crippen LogP contribution in [0.3, 0.4) is 0 Å². The number of piperazine rings is 1. The first-order chi connectivity index (χ1) is 12.6. The largest absolute Gasteiger partial charge is 0.492 e. The third-order valence-electron chi connectivity index (χ3n) is 5.03. The van der Waals surface area contributed by atoms with Crippen molar-refractivity contribution in [2.75, 3.05) is 57.4 Å². The van der Waals surface area contributed by atoms with Crippen LogP contribution in [0.4, 0.5) is 5.69 Å². The molecule has 0 aromatic heterocycles. The lowest BCUT2D eigenvalue weighted by Gasteiger charge is -2.35. The van der Waals surface area contributed by atoms with E-state index in [1.54, 1.807) is 4.90 Å². The molecule has 7 nitrogen and oxygen atoms in total. The number of para-hydroxylation sites is 2. The second-order valence-corrected chi connectivity index (χ2v) is 6.70. The number of hydrogen-bond acceptors (Lipinski definition) is 5. The summed E-state index contributed by atoms with van der Waals surface area (Å²) < 4.78 is 5.63. The lowest BCUT2D eigenvalue weighted by Crippen LogP contribution is -2.51. The summed E-state index contributed by atoms with van der Waals surface area (Å²) in [5.41, 5.74) is 0.738. The van der Waals surface area contributed by atoms with Crippen LogP contribution in [0, 0.1) is 5.92 Å². The first kappa shape index (κ1) is 18.7. The zero-order chi connectivity index (χ0) is 18.5. The molecule has 1 unspecified atom stereocenters. The summed E-state index contributed by atoms with van der Waals surface area (Å²) in [6, 6.07) is 7.47. The van der Waals surface area contributed by atoms with E-state index in [0.29, 0.717) is 38.5 Å². The maximum atomic E-state index is 12.8. The molecule has 1 aromatic carbocycles. The van der Waals surface area contributed by atoms with Gasteiger partial charge < -0.3 is 19.6 Å². The van der Waals surface area contributed by atoms with E-state index in [0.717, 1.165) is 18.8 Å². The van der Waals surface area contributed by atoms with Gasteiger partial charge in [-0.25, -0.2) is 0 Å². The number of nitrogens with zero attached hydrogens (tertiary/aromatic N) is 3. The molecule has 2 aliphatic rings. The van der Waals surface area contributed by atoms with Crippen molar-refractivity contribution in [2.24, 2.45) is 5.92 Å². The topological polar surface area (TPSA) is 73.3 Å². The van der Waals surface area contributed by atoms with Crippen LogP contribution < -0.4 is 9.64 Å². The van der Waals surface area contributed by atoms with E-state index in [-0.39, 0.29) is 30.8 Å². The summed E-state index contributed by atoms with van der Waals surface area (Å²) in [7, 11) is 0. The van der Waals surface area contributed by atoms with E-state index in [9.17, 15) is 9.59 Å². The summed E-state index contributed by atoms with van der Waals surface area (Å²) in [6.45, 7) is 6.46. The molecular weight excluding hydrogens is 334 g/mol. The van der Waals surface area contributed by atoms with Gasteiger partial charge in [0, 0.05) is 45.7 Å². The number of β-amino-alcohol motifs (C(OH)–C–C–N with tert-alkyl or cyclic N) is 1. The molecule has 0 bridgehead atoms. The molecule has 3 rings (SSSR count). The molecule has 1 N–H and O–H groups in total. The highest BCUT2D eigenvalue weighted by Gasteiger charge is 2.38. The SMILES string of the molecule is CCOc1ccccc1N1CC(C(=O)N2CCN(CCO)CC2)CC1=O. The number of aliphatic hydroxyl groups excluding tert-OH is 1. The van der Waals surface area contributed by atoms with Crippen LogP contribution in [0.15, 0.2) is 24.3 Å². The zero-order valence-electron chi connectivity index (χ0n) is 15.3. The lowest BCUT2D eigenvalue weighted by molar-refractivity contribution is -0.137. The van der Waals surface area contributed by atoms with Gasteiger partial charge in [0.2, 0.25) is 11.8 Å². The third-order valence-corrected chi connectivity index (χ3v) is 5.03. The molecule has 26 heavy (non-hydrogen) atoms. The molecular formula is C19H27N3O4.